The van der Waals surface area contributed by atoms with Gasteiger partial charge in [0.1, 0.15) is 0 Å². The highest BCUT2D eigenvalue weighted by atomic mass is 35.5. The molecule has 6 nitrogen and oxygen atoms in total. The minimum absolute atomic E-state index is 0.178. The van der Waals surface area contributed by atoms with Crippen LogP contribution in [0.3, 0.4) is 0 Å². The Morgan fingerprint density at radius 1 is 1.40 bits per heavy atom. The van der Waals surface area contributed by atoms with Gasteiger partial charge in [-0.25, -0.2) is 8.42 Å². The van der Waals surface area contributed by atoms with Crippen molar-refractivity contribution in [3.63, 3.8) is 0 Å². The zero-order valence-electron chi connectivity index (χ0n) is 11.5. The number of sulfonamides is 1. The number of carbonyl (C=O) groups excluding carboxylic acids is 1. The second-order valence-corrected chi connectivity index (χ2v) is 7.27. The normalized spacial score (nSPS) is 12.1. The lowest BCUT2D eigenvalue weighted by Gasteiger charge is -2.22. The number of benzene rings is 1. The fourth-order valence-corrected chi connectivity index (χ4v) is 2.00. The van der Waals surface area contributed by atoms with Gasteiger partial charge in [-0.2, -0.15) is 0 Å². The van der Waals surface area contributed by atoms with Crippen LogP contribution in [-0.4, -0.2) is 27.1 Å². The third kappa shape index (κ3) is 4.66. The molecule has 1 aromatic carbocycles. The Morgan fingerprint density at radius 3 is 2.50 bits per heavy atom. The Morgan fingerprint density at radius 2 is 2.00 bits per heavy atom. The van der Waals surface area contributed by atoms with Crippen molar-refractivity contribution >= 4 is 38.9 Å². The summed E-state index contributed by atoms with van der Waals surface area (Å²) in [6.45, 7) is 3.58. The molecule has 0 aliphatic heterocycles. The summed E-state index contributed by atoms with van der Waals surface area (Å²) in [6.07, 6.45) is 1.04. The number of halogens is 1. The summed E-state index contributed by atoms with van der Waals surface area (Å²) in [7, 11) is -3.39. The summed E-state index contributed by atoms with van der Waals surface area (Å²) in [5.41, 5.74) is 5.42. The molecule has 20 heavy (non-hydrogen) atoms. The van der Waals surface area contributed by atoms with Crippen LogP contribution in [0.15, 0.2) is 18.2 Å². The number of carbonyl (C=O) groups is 1. The first kappa shape index (κ1) is 16.7. The molecule has 0 fully saturated rings. The largest absolute Gasteiger partial charge is 0.329 e. The molecular weight excluding hydrogens is 302 g/mol. The van der Waals surface area contributed by atoms with Crippen LogP contribution in [-0.2, 0) is 14.8 Å². The zero-order chi connectivity index (χ0) is 15.6. The Bertz CT molecular complexity index is 614. The van der Waals surface area contributed by atoms with Gasteiger partial charge in [0, 0.05) is 6.54 Å². The molecule has 0 aromatic heterocycles. The quantitative estimate of drug-likeness (QED) is 0.767. The standard InChI is InChI=1S/C12H18ClN3O3S/c1-12(2,7-14)11(17)15-10-6-8(4-5-9(10)13)16-20(3,18)19/h4-6,16H,7,14H2,1-3H3,(H,15,17). The number of nitrogens with two attached hydrogens (primary N) is 1. The van der Waals surface area contributed by atoms with Crippen molar-refractivity contribution in [3.05, 3.63) is 23.2 Å². The molecule has 0 atom stereocenters. The van der Waals surface area contributed by atoms with Crippen LogP contribution < -0.4 is 15.8 Å². The predicted molar refractivity (Wildman–Crippen MR) is 81.4 cm³/mol. The van der Waals surface area contributed by atoms with Crippen LogP contribution in [0.5, 0.6) is 0 Å². The average Bonchev–Trinajstić information content (AvgIpc) is 2.31. The maximum atomic E-state index is 12.0. The van der Waals surface area contributed by atoms with Crippen molar-refractivity contribution in [1.82, 2.24) is 0 Å². The molecule has 0 aliphatic rings. The molecule has 8 heteroatoms. The molecule has 1 aromatic rings. The number of hydrogen-bond donors (Lipinski definition) is 3. The molecule has 112 valence electrons. The minimum Gasteiger partial charge on any atom is -0.329 e. The number of rotatable bonds is 5. The molecule has 0 spiro atoms. The Balaban J connectivity index is 3.01. The first-order valence-corrected chi connectivity index (χ1v) is 8.11. The van der Waals surface area contributed by atoms with Gasteiger partial charge in [-0.3, -0.25) is 9.52 Å². The van der Waals surface area contributed by atoms with Crippen LogP contribution >= 0.6 is 11.6 Å². The van der Waals surface area contributed by atoms with E-state index in [0.717, 1.165) is 6.26 Å². The van der Waals surface area contributed by atoms with E-state index < -0.39 is 15.4 Å². The first-order chi connectivity index (χ1) is 9.05. The molecule has 1 amide bonds. The van der Waals surface area contributed by atoms with Crippen molar-refractivity contribution in [1.29, 1.82) is 0 Å². The lowest BCUT2D eigenvalue weighted by molar-refractivity contribution is -0.123. The highest BCUT2D eigenvalue weighted by Gasteiger charge is 2.26. The fourth-order valence-electron chi connectivity index (χ4n) is 1.28. The van der Waals surface area contributed by atoms with E-state index in [-0.39, 0.29) is 12.5 Å². The van der Waals surface area contributed by atoms with E-state index in [9.17, 15) is 13.2 Å². The van der Waals surface area contributed by atoms with E-state index in [2.05, 4.69) is 10.0 Å². The lowest BCUT2D eigenvalue weighted by atomic mass is 9.92. The highest BCUT2D eigenvalue weighted by Crippen LogP contribution is 2.27. The smallest absolute Gasteiger partial charge is 0.231 e. The Hall–Kier alpha value is -1.31. The molecule has 0 bridgehead atoms. The molecule has 0 radical (unpaired) electrons. The summed E-state index contributed by atoms with van der Waals surface area (Å²) >= 11 is 5.98. The molecule has 4 N–H and O–H groups in total. The first-order valence-electron chi connectivity index (χ1n) is 5.84. The van der Waals surface area contributed by atoms with Gasteiger partial charge >= 0.3 is 0 Å². The number of anilines is 2. The second-order valence-electron chi connectivity index (χ2n) is 5.11. The monoisotopic (exact) mass is 319 g/mol. The van der Waals surface area contributed by atoms with Crippen molar-refractivity contribution in [3.8, 4) is 0 Å². The fraction of sp³-hybridized carbons (Fsp3) is 0.417. The predicted octanol–water partition coefficient (Wildman–Crippen LogP) is 1.63. The van der Waals surface area contributed by atoms with Gasteiger partial charge in [-0.05, 0) is 32.0 Å². The summed E-state index contributed by atoms with van der Waals surface area (Å²) in [5, 5.41) is 2.95. The van der Waals surface area contributed by atoms with Crippen LogP contribution in [0.4, 0.5) is 11.4 Å². The van der Waals surface area contributed by atoms with Gasteiger partial charge < -0.3 is 11.1 Å². The van der Waals surface area contributed by atoms with Crippen LogP contribution in [0.1, 0.15) is 13.8 Å². The van der Waals surface area contributed by atoms with Gasteiger partial charge in [-0.15, -0.1) is 0 Å². The average molecular weight is 320 g/mol. The maximum absolute atomic E-state index is 12.0. The van der Waals surface area contributed by atoms with E-state index in [1.165, 1.54) is 18.2 Å². The van der Waals surface area contributed by atoms with Gasteiger partial charge in [0.25, 0.3) is 0 Å². The molecule has 0 saturated carbocycles. The lowest BCUT2D eigenvalue weighted by Crippen LogP contribution is -2.37. The maximum Gasteiger partial charge on any atom is 0.231 e. The van der Waals surface area contributed by atoms with E-state index in [4.69, 9.17) is 17.3 Å². The Labute approximate surface area is 123 Å². The Kier molecular flexibility index (Phi) is 5.01. The summed E-state index contributed by atoms with van der Waals surface area (Å²) in [6, 6.07) is 4.46. The molecule has 0 aliphatic carbocycles. The molecule has 0 saturated heterocycles. The number of hydrogen-bond acceptors (Lipinski definition) is 4. The van der Waals surface area contributed by atoms with E-state index >= 15 is 0 Å². The number of nitrogens with one attached hydrogen (secondary N) is 2. The van der Waals surface area contributed by atoms with Crippen LogP contribution in [0, 0.1) is 5.41 Å². The SMILES string of the molecule is CC(C)(CN)C(=O)Nc1cc(NS(C)(=O)=O)ccc1Cl. The summed E-state index contributed by atoms with van der Waals surface area (Å²) in [4.78, 5) is 12.0. The minimum atomic E-state index is -3.39. The second kappa shape index (κ2) is 5.99. The van der Waals surface area contributed by atoms with Crippen LogP contribution in [0.25, 0.3) is 0 Å². The summed E-state index contributed by atoms with van der Waals surface area (Å²) in [5.74, 6) is -0.293. The zero-order valence-corrected chi connectivity index (χ0v) is 13.1. The van der Waals surface area contributed by atoms with Crippen molar-refractivity contribution in [2.75, 3.05) is 22.8 Å². The van der Waals surface area contributed by atoms with Gasteiger partial charge in [0.05, 0.1) is 28.1 Å². The van der Waals surface area contributed by atoms with Gasteiger partial charge in [0.15, 0.2) is 0 Å². The molecular formula is C12H18ClN3O3S. The topological polar surface area (TPSA) is 101 Å². The van der Waals surface area contributed by atoms with E-state index in [1.807, 2.05) is 0 Å². The van der Waals surface area contributed by atoms with Crippen molar-refractivity contribution < 1.29 is 13.2 Å². The van der Waals surface area contributed by atoms with Crippen molar-refractivity contribution in [2.45, 2.75) is 13.8 Å². The third-order valence-corrected chi connectivity index (χ3v) is 3.58. The molecule has 0 heterocycles. The third-order valence-electron chi connectivity index (χ3n) is 2.64. The highest BCUT2D eigenvalue weighted by molar-refractivity contribution is 7.92. The molecule has 0 unspecified atom stereocenters. The molecule has 1 rings (SSSR count). The van der Waals surface area contributed by atoms with E-state index in [1.54, 1.807) is 13.8 Å². The van der Waals surface area contributed by atoms with Crippen molar-refractivity contribution in [2.24, 2.45) is 11.1 Å². The van der Waals surface area contributed by atoms with Gasteiger partial charge in [0.2, 0.25) is 15.9 Å². The van der Waals surface area contributed by atoms with Gasteiger partial charge in [-0.1, -0.05) is 11.6 Å². The van der Waals surface area contributed by atoms with E-state index in [0.29, 0.717) is 16.4 Å². The number of amides is 1. The van der Waals surface area contributed by atoms with Crippen LogP contribution in [0.2, 0.25) is 5.02 Å². The summed E-state index contributed by atoms with van der Waals surface area (Å²) < 4.78 is 24.7.